The molecule has 0 atom stereocenters. The van der Waals surface area contributed by atoms with Gasteiger partial charge in [0.05, 0.1) is 17.1 Å². The van der Waals surface area contributed by atoms with E-state index in [0.29, 0.717) is 0 Å². The number of nitrogen functional groups attached to an aromatic ring is 1. The van der Waals surface area contributed by atoms with Gasteiger partial charge in [0.25, 0.3) is 0 Å². The van der Waals surface area contributed by atoms with Crippen molar-refractivity contribution in [2.24, 2.45) is 0 Å². The summed E-state index contributed by atoms with van der Waals surface area (Å²) in [5.74, 6) is 0. The van der Waals surface area contributed by atoms with E-state index < -0.39 is 0 Å². The van der Waals surface area contributed by atoms with Gasteiger partial charge in [-0.05, 0) is 6.92 Å². The summed E-state index contributed by atoms with van der Waals surface area (Å²) in [6.07, 6.45) is 7.78. The number of anilines is 1. The van der Waals surface area contributed by atoms with Gasteiger partial charge in [-0.3, -0.25) is 14.6 Å². The molecule has 0 saturated carbocycles. The van der Waals surface area contributed by atoms with Crippen molar-refractivity contribution in [3.63, 3.8) is 0 Å². The third kappa shape index (κ3) is 2.31. The van der Waals surface area contributed by atoms with E-state index in [1.165, 1.54) is 0 Å². The highest BCUT2D eigenvalue weighted by atomic mass is 15.3. The highest BCUT2D eigenvalue weighted by Gasteiger charge is 2.01. The van der Waals surface area contributed by atoms with Crippen LogP contribution in [0.15, 0.2) is 24.8 Å². The molecule has 0 saturated heterocycles. The molecule has 0 aliphatic rings. The quantitative estimate of drug-likeness (QED) is 0.801. The Kier molecular flexibility index (Phi) is 2.62. The first-order valence-corrected chi connectivity index (χ1v) is 4.80. The van der Waals surface area contributed by atoms with Crippen molar-refractivity contribution in [1.29, 1.82) is 0 Å². The molecule has 0 aromatic carbocycles. The van der Waals surface area contributed by atoms with Crippen LogP contribution < -0.4 is 5.73 Å². The Morgan fingerprint density at radius 2 is 2.27 bits per heavy atom. The van der Waals surface area contributed by atoms with Crippen LogP contribution in [0.4, 0.5) is 5.69 Å². The molecule has 5 heteroatoms. The fraction of sp³-hybridized carbons (Fsp3) is 0.300. The van der Waals surface area contributed by atoms with Gasteiger partial charge in [-0.25, -0.2) is 0 Å². The van der Waals surface area contributed by atoms with E-state index in [0.717, 1.165) is 30.0 Å². The summed E-state index contributed by atoms with van der Waals surface area (Å²) >= 11 is 0. The second-order valence-electron chi connectivity index (χ2n) is 3.38. The van der Waals surface area contributed by atoms with Crippen molar-refractivity contribution >= 4 is 5.69 Å². The molecule has 5 nitrogen and oxygen atoms in total. The number of rotatable bonds is 3. The maximum absolute atomic E-state index is 5.70. The lowest BCUT2D eigenvalue weighted by molar-refractivity contribution is 0.603. The molecular formula is C10H13N5. The number of aromatic nitrogens is 4. The summed E-state index contributed by atoms with van der Waals surface area (Å²) in [4.78, 5) is 8.19. The number of aryl methyl sites for hydroxylation is 3. The summed E-state index contributed by atoms with van der Waals surface area (Å²) < 4.78 is 1.83. The number of hydrogen-bond donors (Lipinski definition) is 1. The smallest absolute Gasteiger partial charge is 0.0822 e. The molecule has 2 rings (SSSR count). The largest absolute Gasteiger partial charge is 0.396 e. The molecule has 2 aromatic rings. The first kappa shape index (κ1) is 9.64. The lowest BCUT2D eigenvalue weighted by Crippen LogP contribution is -2.03. The minimum atomic E-state index is 0.731. The van der Waals surface area contributed by atoms with Crippen LogP contribution >= 0.6 is 0 Å². The minimum absolute atomic E-state index is 0.731. The second-order valence-corrected chi connectivity index (χ2v) is 3.38. The first-order chi connectivity index (χ1) is 7.25. The zero-order valence-corrected chi connectivity index (χ0v) is 8.59. The van der Waals surface area contributed by atoms with Crippen LogP contribution in [0.3, 0.4) is 0 Å². The topological polar surface area (TPSA) is 69.6 Å². The van der Waals surface area contributed by atoms with Crippen LogP contribution in [0.25, 0.3) is 0 Å². The Hall–Kier alpha value is -1.91. The van der Waals surface area contributed by atoms with E-state index in [-0.39, 0.29) is 0 Å². The SMILES string of the molecule is Cc1nn(CCc2cnccn2)cc1N. The van der Waals surface area contributed by atoms with E-state index in [9.17, 15) is 0 Å². The van der Waals surface area contributed by atoms with Crippen LogP contribution in [0.2, 0.25) is 0 Å². The lowest BCUT2D eigenvalue weighted by atomic mass is 10.3. The van der Waals surface area contributed by atoms with Crippen LogP contribution in [-0.4, -0.2) is 19.7 Å². The van der Waals surface area contributed by atoms with Gasteiger partial charge in [-0.1, -0.05) is 0 Å². The Labute approximate surface area is 88.0 Å². The minimum Gasteiger partial charge on any atom is -0.396 e. The Morgan fingerprint density at radius 3 is 2.87 bits per heavy atom. The summed E-state index contributed by atoms with van der Waals surface area (Å²) in [6.45, 7) is 2.67. The molecular weight excluding hydrogens is 190 g/mol. The van der Waals surface area contributed by atoms with E-state index in [2.05, 4.69) is 15.1 Å². The maximum atomic E-state index is 5.70. The normalized spacial score (nSPS) is 10.5. The predicted octanol–water partition coefficient (Wildman–Crippen LogP) is 0.806. The molecule has 0 fully saturated rings. The highest BCUT2D eigenvalue weighted by Crippen LogP contribution is 2.07. The molecule has 0 amide bonds. The molecule has 0 bridgehead atoms. The average molecular weight is 203 g/mol. The summed E-state index contributed by atoms with van der Waals surface area (Å²) in [5.41, 5.74) is 8.26. The monoisotopic (exact) mass is 203 g/mol. The third-order valence-corrected chi connectivity index (χ3v) is 2.20. The number of hydrogen-bond acceptors (Lipinski definition) is 4. The third-order valence-electron chi connectivity index (χ3n) is 2.20. The van der Waals surface area contributed by atoms with Crippen molar-refractivity contribution in [2.75, 3.05) is 5.73 Å². The molecule has 2 heterocycles. The average Bonchev–Trinajstić information content (AvgIpc) is 2.57. The van der Waals surface area contributed by atoms with E-state index in [1.807, 2.05) is 17.8 Å². The lowest BCUT2D eigenvalue weighted by Gasteiger charge is -1.99. The second kappa shape index (κ2) is 4.08. The van der Waals surface area contributed by atoms with Gasteiger partial charge in [0.1, 0.15) is 0 Å². The zero-order chi connectivity index (χ0) is 10.7. The van der Waals surface area contributed by atoms with Crippen LogP contribution in [0, 0.1) is 6.92 Å². The molecule has 2 aromatic heterocycles. The van der Waals surface area contributed by atoms with Crippen molar-refractivity contribution in [1.82, 2.24) is 19.7 Å². The summed E-state index contributed by atoms with van der Waals surface area (Å²) in [5, 5.41) is 4.27. The van der Waals surface area contributed by atoms with E-state index in [4.69, 9.17) is 5.73 Å². The van der Waals surface area contributed by atoms with Gasteiger partial charge in [-0.2, -0.15) is 5.10 Å². The van der Waals surface area contributed by atoms with E-state index in [1.54, 1.807) is 18.6 Å². The fourth-order valence-electron chi connectivity index (χ4n) is 1.34. The van der Waals surface area contributed by atoms with Gasteiger partial charge in [0.15, 0.2) is 0 Å². The van der Waals surface area contributed by atoms with Gasteiger partial charge in [0.2, 0.25) is 0 Å². The summed E-state index contributed by atoms with van der Waals surface area (Å²) in [7, 11) is 0. The van der Waals surface area contributed by atoms with Crippen molar-refractivity contribution in [2.45, 2.75) is 19.9 Å². The molecule has 0 aliphatic heterocycles. The molecule has 2 N–H and O–H groups in total. The van der Waals surface area contributed by atoms with E-state index >= 15 is 0 Å². The fourth-order valence-corrected chi connectivity index (χ4v) is 1.34. The van der Waals surface area contributed by atoms with Crippen LogP contribution in [0.1, 0.15) is 11.4 Å². The molecule has 0 unspecified atom stereocenters. The molecule has 0 radical (unpaired) electrons. The highest BCUT2D eigenvalue weighted by molar-refractivity contribution is 5.39. The van der Waals surface area contributed by atoms with Crippen molar-refractivity contribution < 1.29 is 0 Å². The van der Waals surface area contributed by atoms with Gasteiger partial charge in [0, 0.05) is 37.8 Å². The first-order valence-electron chi connectivity index (χ1n) is 4.80. The van der Waals surface area contributed by atoms with Crippen molar-refractivity contribution in [3.05, 3.63) is 36.2 Å². The predicted molar refractivity (Wildman–Crippen MR) is 57.1 cm³/mol. The molecule has 0 aliphatic carbocycles. The number of nitrogens with zero attached hydrogens (tertiary/aromatic N) is 4. The standard InChI is InChI=1S/C10H13N5/c1-8-10(11)7-15(14-8)5-2-9-6-12-3-4-13-9/h3-4,6-7H,2,5,11H2,1H3. The van der Waals surface area contributed by atoms with Crippen LogP contribution in [0.5, 0.6) is 0 Å². The van der Waals surface area contributed by atoms with Gasteiger partial charge < -0.3 is 5.73 Å². The van der Waals surface area contributed by atoms with Gasteiger partial charge >= 0.3 is 0 Å². The molecule has 15 heavy (non-hydrogen) atoms. The van der Waals surface area contributed by atoms with Gasteiger partial charge in [-0.15, -0.1) is 0 Å². The summed E-state index contributed by atoms with van der Waals surface area (Å²) in [6, 6.07) is 0. The van der Waals surface area contributed by atoms with Crippen LogP contribution in [-0.2, 0) is 13.0 Å². The zero-order valence-electron chi connectivity index (χ0n) is 8.59. The van der Waals surface area contributed by atoms with Crippen molar-refractivity contribution in [3.8, 4) is 0 Å². The number of nitrogens with two attached hydrogens (primary N) is 1. The Morgan fingerprint density at radius 1 is 1.40 bits per heavy atom. The Balaban J connectivity index is 1.99. The molecule has 78 valence electrons. The Bertz CT molecular complexity index is 415. The molecule has 0 spiro atoms. The maximum Gasteiger partial charge on any atom is 0.0822 e.